The molecule has 2 unspecified atom stereocenters. The fourth-order valence-corrected chi connectivity index (χ4v) is 4.66. The first kappa shape index (κ1) is 23.7. The smallest absolute Gasteiger partial charge is 0.289 e. The Balaban J connectivity index is 1.39. The van der Waals surface area contributed by atoms with E-state index in [0.717, 1.165) is 36.8 Å². The molecule has 7 heteroatoms. The third-order valence-electron chi connectivity index (χ3n) is 6.41. The number of morpholine rings is 1. The number of nitrogens with one attached hydrogen (secondary N) is 1. The summed E-state index contributed by atoms with van der Waals surface area (Å²) >= 11 is 0. The van der Waals surface area contributed by atoms with Crippen molar-refractivity contribution in [1.29, 1.82) is 0 Å². The van der Waals surface area contributed by atoms with E-state index in [0.29, 0.717) is 30.2 Å². The van der Waals surface area contributed by atoms with Gasteiger partial charge in [0.25, 0.3) is 5.91 Å². The maximum absolute atomic E-state index is 13.3. The zero-order chi connectivity index (χ0) is 23.9. The maximum Gasteiger partial charge on any atom is 0.289 e. The van der Waals surface area contributed by atoms with Crippen molar-refractivity contribution in [3.05, 3.63) is 65.4 Å². The average Bonchev–Trinajstić information content (AvgIpc) is 2.87. The number of amides is 2. The molecule has 1 saturated heterocycles. The number of nitrogens with zero attached hydrogens (tertiary/aromatic N) is 1. The molecular formula is C27H32N2O5. The van der Waals surface area contributed by atoms with Gasteiger partial charge < -0.3 is 24.4 Å². The largest absolute Gasteiger partial charge is 0.493 e. The number of hydrogen-bond acceptors (Lipinski definition) is 5. The second-order valence-corrected chi connectivity index (χ2v) is 8.65. The van der Waals surface area contributed by atoms with Gasteiger partial charge in [-0.15, -0.1) is 0 Å². The van der Waals surface area contributed by atoms with Crippen LogP contribution in [0.4, 0.5) is 0 Å². The van der Waals surface area contributed by atoms with Gasteiger partial charge in [0, 0.05) is 6.54 Å². The second-order valence-electron chi connectivity index (χ2n) is 8.65. The van der Waals surface area contributed by atoms with Crippen molar-refractivity contribution in [3.63, 3.8) is 0 Å². The van der Waals surface area contributed by atoms with Crippen LogP contribution in [0.25, 0.3) is 6.08 Å². The summed E-state index contributed by atoms with van der Waals surface area (Å²) in [5.41, 5.74) is 1.93. The number of rotatable bonds is 8. The number of fused-ring (bicyclic) bond motifs is 1. The Labute approximate surface area is 200 Å². The highest BCUT2D eigenvalue weighted by Crippen LogP contribution is 2.33. The van der Waals surface area contributed by atoms with E-state index in [1.54, 1.807) is 25.2 Å². The zero-order valence-electron chi connectivity index (χ0n) is 19.8. The fraction of sp³-hybridized carbons (Fsp3) is 0.407. The van der Waals surface area contributed by atoms with E-state index in [1.807, 2.05) is 48.5 Å². The van der Waals surface area contributed by atoms with E-state index < -0.39 is 0 Å². The van der Waals surface area contributed by atoms with Gasteiger partial charge >= 0.3 is 0 Å². The molecule has 2 aliphatic rings. The molecule has 180 valence electrons. The lowest BCUT2D eigenvalue weighted by Crippen LogP contribution is -2.57. The molecule has 1 aliphatic carbocycles. The van der Waals surface area contributed by atoms with Gasteiger partial charge in [-0.1, -0.05) is 42.8 Å². The molecule has 0 spiro atoms. The first-order valence-corrected chi connectivity index (χ1v) is 11.8. The predicted molar refractivity (Wildman–Crippen MR) is 130 cm³/mol. The molecular weight excluding hydrogens is 432 g/mol. The van der Waals surface area contributed by atoms with Crippen LogP contribution in [0.3, 0.4) is 0 Å². The molecule has 1 saturated carbocycles. The third kappa shape index (κ3) is 5.53. The quantitative estimate of drug-likeness (QED) is 0.605. The van der Waals surface area contributed by atoms with Gasteiger partial charge in [0.1, 0.15) is 12.6 Å². The number of carbonyl (C=O) groups excluding carboxylic acids is 2. The van der Waals surface area contributed by atoms with Crippen molar-refractivity contribution in [2.24, 2.45) is 0 Å². The fourth-order valence-electron chi connectivity index (χ4n) is 4.66. The standard InChI is InChI=1S/C27H32N2O5/c1-32-23-13-12-20(16-24(23)33-2)14-15-28-26(30)18-29-21-10-6-7-11-22(21)34-25(27(29)31)17-19-8-4-3-5-9-19/h3-5,8-9,12-13,16-17,21-22H,6-7,10-11,14-15,18H2,1-2H3,(H,28,30)/b25-17+. The van der Waals surface area contributed by atoms with E-state index in [9.17, 15) is 9.59 Å². The summed E-state index contributed by atoms with van der Waals surface area (Å²) in [6.07, 6.45) is 6.20. The Morgan fingerprint density at radius 3 is 2.62 bits per heavy atom. The van der Waals surface area contributed by atoms with Gasteiger partial charge in [-0.25, -0.2) is 0 Å². The minimum absolute atomic E-state index is 0.0292. The highest BCUT2D eigenvalue weighted by molar-refractivity contribution is 5.98. The molecule has 2 atom stereocenters. The van der Waals surface area contributed by atoms with Crippen molar-refractivity contribution in [2.45, 2.75) is 44.2 Å². The average molecular weight is 465 g/mol. The van der Waals surface area contributed by atoms with Gasteiger partial charge in [0.15, 0.2) is 17.3 Å². The van der Waals surface area contributed by atoms with E-state index >= 15 is 0 Å². The maximum atomic E-state index is 13.3. The van der Waals surface area contributed by atoms with Gasteiger partial charge in [-0.2, -0.15) is 0 Å². The summed E-state index contributed by atoms with van der Waals surface area (Å²) in [5.74, 6) is 1.25. The van der Waals surface area contributed by atoms with Crippen LogP contribution in [0.5, 0.6) is 11.5 Å². The number of methoxy groups -OCH3 is 2. The summed E-state index contributed by atoms with van der Waals surface area (Å²) in [6, 6.07) is 15.3. The Hall–Kier alpha value is -3.48. The third-order valence-corrected chi connectivity index (χ3v) is 6.41. The topological polar surface area (TPSA) is 77.1 Å². The van der Waals surface area contributed by atoms with Crippen LogP contribution in [-0.2, 0) is 20.7 Å². The van der Waals surface area contributed by atoms with Crippen LogP contribution in [0.1, 0.15) is 36.8 Å². The van der Waals surface area contributed by atoms with E-state index in [-0.39, 0.29) is 30.5 Å². The van der Waals surface area contributed by atoms with Crippen molar-refractivity contribution < 1.29 is 23.8 Å². The first-order valence-electron chi connectivity index (χ1n) is 11.8. The summed E-state index contributed by atoms with van der Waals surface area (Å²) in [7, 11) is 3.20. The summed E-state index contributed by atoms with van der Waals surface area (Å²) in [6.45, 7) is 0.495. The van der Waals surface area contributed by atoms with Crippen LogP contribution in [-0.4, -0.2) is 56.2 Å². The lowest BCUT2D eigenvalue weighted by Gasteiger charge is -2.44. The molecule has 2 aromatic carbocycles. The van der Waals surface area contributed by atoms with Crippen LogP contribution < -0.4 is 14.8 Å². The van der Waals surface area contributed by atoms with Crippen LogP contribution in [0.15, 0.2) is 54.3 Å². The Bertz CT molecular complexity index is 1040. The molecule has 0 radical (unpaired) electrons. The summed E-state index contributed by atoms with van der Waals surface area (Å²) < 4.78 is 16.7. The predicted octanol–water partition coefficient (Wildman–Crippen LogP) is 3.57. The minimum Gasteiger partial charge on any atom is -0.493 e. The molecule has 7 nitrogen and oxygen atoms in total. The molecule has 2 amide bonds. The first-order chi connectivity index (χ1) is 16.6. The van der Waals surface area contributed by atoms with Crippen molar-refractivity contribution >= 4 is 17.9 Å². The minimum atomic E-state index is -0.220. The molecule has 1 N–H and O–H groups in total. The molecule has 2 fully saturated rings. The summed E-state index contributed by atoms with van der Waals surface area (Å²) in [5, 5.41) is 2.96. The zero-order valence-corrected chi connectivity index (χ0v) is 19.8. The van der Waals surface area contributed by atoms with Gasteiger partial charge in [-0.05, 0) is 55.0 Å². The van der Waals surface area contributed by atoms with Crippen LogP contribution in [0, 0.1) is 0 Å². The molecule has 1 heterocycles. The van der Waals surface area contributed by atoms with Crippen LogP contribution >= 0.6 is 0 Å². The van der Waals surface area contributed by atoms with Crippen LogP contribution in [0.2, 0.25) is 0 Å². The molecule has 0 aromatic heterocycles. The van der Waals surface area contributed by atoms with Gasteiger partial charge in [0.2, 0.25) is 5.91 Å². The van der Waals surface area contributed by atoms with Crippen molar-refractivity contribution in [3.8, 4) is 11.5 Å². The van der Waals surface area contributed by atoms with E-state index in [2.05, 4.69) is 5.32 Å². The number of hydrogen-bond donors (Lipinski definition) is 1. The Morgan fingerprint density at radius 2 is 1.85 bits per heavy atom. The highest BCUT2D eigenvalue weighted by atomic mass is 16.5. The van der Waals surface area contributed by atoms with Crippen molar-refractivity contribution in [2.75, 3.05) is 27.3 Å². The molecule has 0 bridgehead atoms. The highest BCUT2D eigenvalue weighted by Gasteiger charge is 2.42. The van der Waals surface area contributed by atoms with Gasteiger partial charge in [0.05, 0.1) is 20.3 Å². The summed E-state index contributed by atoms with van der Waals surface area (Å²) in [4.78, 5) is 27.8. The Kier molecular flexibility index (Phi) is 7.72. The monoisotopic (exact) mass is 464 g/mol. The second kappa shape index (κ2) is 11.1. The number of benzene rings is 2. The Morgan fingerprint density at radius 1 is 1.09 bits per heavy atom. The normalized spacial score (nSPS) is 20.9. The number of carbonyl (C=O) groups is 2. The molecule has 2 aromatic rings. The molecule has 1 aliphatic heterocycles. The van der Waals surface area contributed by atoms with Gasteiger partial charge in [-0.3, -0.25) is 9.59 Å². The molecule has 34 heavy (non-hydrogen) atoms. The lowest BCUT2D eigenvalue weighted by atomic mass is 9.89. The van der Waals surface area contributed by atoms with E-state index in [4.69, 9.17) is 14.2 Å². The number of ether oxygens (including phenoxy) is 3. The SMILES string of the molecule is COc1ccc(CCNC(=O)CN2C(=O)/C(=C\c3ccccc3)OC3CCCCC32)cc1OC. The lowest BCUT2D eigenvalue weighted by molar-refractivity contribution is -0.151. The molecule has 4 rings (SSSR count). The van der Waals surface area contributed by atoms with E-state index in [1.165, 1.54) is 0 Å². The van der Waals surface area contributed by atoms with Crippen molar-refractivity contribution in [1.82, 2.24) is 10.2 Å².